The van der Waals surface area contributed by atoms with Crippen molar-refractivity contribution in [2.24, 2.45) is 5.92 Å². The van der Waals surface area contributed by atoms with Crippen molar-refractivity contribution in [3.8, 4) is 0 Å². The molecule has 2 aliphatic rings. The monoisotopic (exact) mass is 535 g/mol. The van der Waals surface area contributed by atoms with Gasteiger partial charge in [-0.15, -0.1) is 0 Å². The van der Waals surface area contributed by atoms with E-state index in [4.69, 9.17) is 4.74 Å². The van der Waals surface area contributed by atoms with Crippen molar-refractivity contribution >= 4 is 42.6 Å². The molecular weight excluding hydrogens is 508 g/mol. The van der Waals surface area contributed by atoms with Crippen LogP contribution < -0.4 is 4.90 Å². The minimum atomic E-state index is -3.65. The van der Waals surface area contributed by atoms with Gasteiger partial charge in [-0.2, -0.15) is 4.31 Å². The molecule has 0 radical (unpaired) electrons. The summed E-state index contributed by atoms with van der Waals surface area (Å²) in [7, 11) is -3.65. The number of aromatic nitrogens is 1. The van der Waals surface area contributed by atoms with E-state index in [1.54, 1.807) is 0 Å². The number of carbonyl (C=O) groups is 1. The van der Waals surface area contributed by atoms with Crippen molar-refractivity contribution in [3.05, 3.63) is 53.6 Å². The van der Waals surface area contributed by atoms with E-state index < -0.39 is 27.6 Å². The summed E-state index contributed by atoms with van der Waals surface area (Å²) < 4.78 is 61.7. The fourth-order valence-electron chi connectivity index (χ4n) is 4.74. The molecule has 192 valence electrons. The van der Waals surface area contributed by atoms with Crippen LogP contribution in [0.25, 0.3) is 10.2 Å². The first-order chi connectivity index (χ1) is 17.2. The van der Waals surface area contributed by atoms with E-state index >= 15 is 0 Å². The summed E-state index contributed by atoms with van der Waals surface area (Å²) in [6.07, 6.45) is 3.25. The minimum Gasteiger partial charge on any atom is -0.376 e. The third kappa shape index (κ3) is 5.02. The largest absolute Gasteiger partial charge is 0.376 e. The second kappa shape index (κ2) is 10.1. The second-order valence-corrected chi connectivity index (χ2v) is 12.4. The van der Waals surface area contributed by atoms with Gasteiger partial charge in [-0.25, -0.2) is 22.2 Å². The number of halogens is 2. The molecule has 0 aliphatic carbocycles. The van der Waals surface area contributed by atoms with Gasteiger partial charge >= 0.3 is 0 Å². The molecule has 2 atom stereocenters. The van der Waals surface area contributed by atoms with Gasteiger partial charge in [0.1, 0.15) is 11.3 Å². The maximum Gasteiger partial charge on any atom is 0.260 e. The van der Waals surface area contributed by atoms with E-state index in [0.717, 1.165) is 43.1 Å². The molecule has 11 heteroatoms. The molecule has 2 fully saturated rings. The molecule has 1 amide bonds. The van der Waals surface area contributed by atoms with Gasteiger partial charge in [0.15, 0.2) is 10.9 Å². The Balaban J connectivity index is 1.44. The van der Waals surface area contributed by atoms with Crippen LogP contribution in [0.15, 0.2) is 41.3 Å². The predicted octanol–water partition coefficient (Wildman–Crippen LogP) is 4.82. The molecule has 2 aromatic carbocycles. The summed E-state index contributed by atoms with van der Waals surface area (Å²) >= 11 is 1.02. The van der Waals surface area contributed by atoms with Crippen LogP contribution >= 0.6 is 11.3 Å². The van der Waals surface area contributed by atoms with Crippen LogP contribution in [0, 0.1) is 17.6 Å². The van der Waals surface area contributed by atoms with Crippen molar-refractivity contribution < 1.29 is 26.7 Å². The summed E-state index contributed by atoms with van der Waals surface area (Å²) in [5.41, 5.74) is 0.267. The highest BCUT2D eigenvalue weighted by Gasteiger charge is 2.30. The van der Waals surface area contributed by atoms with Crippen LogP contribution in [0.1, 0.15) is 43.0 Å². The molecule has 2 unspecified atom stereocenters. The standard InChI is InChI=1S/C25H27F2N3O4S2/c1-16-4-2-10-29(14-16)36(32,33)20-8-6-17(7-9-20)24(31)30(15-19-5-3-11-34-19)25-28-23-21(27)12-18(26)13-22(23)35-25/h6-9,12-13,16,19H,2-5,10-11,14-15H2,1H3. The molecular formula is C25H27F2N3O4S2. The topological polar surface area (TPSA) is 79.8 Å². The Hall–Kier alpha value is -2.47. The summed E-state index contributed by atoms with van der Waals surface area (Å²) in [6, 6.07) is 7.81. The number of hydrogen-bond acceptors (Lipinski definition) is 6. The van der Waals surface area contributed by atoms with Gasteiger partial charge in [0.25, 0.3) is 5.91 Å². The fourth-order valence-corrected chi connectivity index (χ4v) is 7.35. The zero-order valence-electron chi connectivity index (χ0n) is 19.8. The molecule has 2 saturated heterocycles. The predicted molar refractivity (Wildman–Crippen MR) is 134 cm³/mol. The molecule has 0 spiro atoms. The van der Waals surface area contributed by atoms with Gasteiger partial charge in [-0.3, -0.25) is 9.69 Å². The molecule has 0 bridgehead atoms. The van der Waals surface area contributed by atoms with Gasteiger partial charge in [0.05, 0.1) is 22.2 Å². The summed E-state index contributed by atoms with van der Waals surface area (Å²) in [4.78, 5) is 19.4. The van der Waals surface area contributed by atoms with Crippen LogP contribution in [0.4, 0.5) is 13.9 Å². The number of anilines is 1. The number of carbonyl (C=O) groups excluding carboxylic acids is 1. The number of benzene rings is 2. The second-order valence-electron chi connectivity index (χ2n) is 9.42. The first kappa shape index (κ1) is 25.2. The van der Waals surface area contributed by atoms with Crippen LogP contribution in [0.2, 0.25) is 0 Å². The average Bonchev–Trinajstić information content (AvgIpc) is 3.52. The van der Waals surface area contributed by atoms with E-state index in [1.165, 1.54) is 39.5 Å². The summed E-state index contributed by atoms with van der Waals surface area (Å²) in [5.74, 6) is -1.63. The van der Waals surface area contributed by atoms with Crippen molar-refractivity contribution in [1.29, 1.82) is 0 Å². The quantitative estimate of drug-likeness (QED) is 0.452. The van der Waals surface area contributed by atoms with Gasteiger partial charge in [0, 0.05) is 31.3 Å². The number of amides is 1. The Morgan fingerprint density at radius 2 is 1.97 bits per heavy atom. The van der Waals surface area contributed by atoms with Crippen molar-refractivity contribution in [3.63, 3.8) is 0 Å². The number of hydrogen-bond donors (Lipinski definition) is 0. The van der Waals surface area contributed by atoms with E-state index in [-0.39, 0.29) is 33.8 Å². The normalized spacial score (nSPS) is 21.2. The molecule has 7 nitrogen and oxygen atoms in total. The molecule has 36 heavy (non-hydrogen) atoms. The maximum absolute atomic E-state index is 14.3. The van der Waals surface area contributed by atoms with Crippen molar-refractivity contribution in [2.75, 3.05) is 31.1 Å². The molecule has 0 saturated carbocycles. The molecule has 0 N–H and O–H groups in total. The van der Waals surface area contributed by atoms with E-state index in [2.05, 4.69) is 4.98 Å². The lowest BCUT2D eigenvalue weighted by Gasteiger charge is -2.30. The molecule has 3 heterocycles. The number of nitrogens with zero attached hydrogens (tertiary/aromatic N) is 3. The highest BCUT2D eigenvalue weighted by molar-refractivity contribution is 7.89. The minimum absolute atomic E-state index is 0.00117. The third-order valence-corrected chi connectivity index (χ3v) is 9.55. The molecule has 3 aromatic rings. The van der Waals surface area contributed by atoms with Gasteiger partial charge in [0.2, 0.25) is 10.0 Å². The fraction of sp³-hybridized carbons (Fsp3) is 0.440. The number of fused-ring (bicyclic) bond motifs is 1. The highest BCUT2D eigenvalue weighted by Crippen LogP contribution is 2.33. The van der Waals surface area contributed by atoms with Crippen LogP contribution in [0.5, 0.6) is 0 Å². The number of ether oxygens (including phenoxy) is 1. The molecule has 1 aromatic heterocycles. The van der Waals surface area contributed by atoms with Gasteiger partial charge in [-0.05, 0) is 61.9 Å². The Morgan fingerprint density at radius 1 is 1.19 bits per heavy atom. The number of piperidine rings is 1. The van der Waals surface area contributed by atoms with E-state index in [1.807, 2.05) is 6.92 Å². The number of thiazole rings is 1. The number of sulfonamides is 1. The first-order valence-corrected chi connectivity index (χ1v) is 14.3. The van der Waals surface area contributed by atoms with Crippen LogP contribution in [-0.2, 0) is 14.8 Å². The highest BCUT2D eigenvalue weighted by atomic mass is 32.2. The Labute approximate surface area is 212 Å². The van der Waals surface area contributed by atoms with Crippen LogP contribution in [-0.4, -0.2) is 56.0 Å². The van der Waals surface area contributed by atoms with Gasteiger partial charge in [-0.1, -0.05) is 18.3 Å². The first-order valence-electron chi connectivity index (χ1n) is 12.0. The van der Waals surface area contributed by atoms with Gasteiger partial charge < -0.3 is 4.74 Å². The lowest BCUT2D eigenvalue weighted by Crippen LogP contribution is -2.39. The Bertz CT molecular complexity index is 1370. The Morgan fingerprint density at radius 3 is 2.67 bits per heavy atom. The molecule has 5 rings (SSSR count). The lowest BCUT2D eigenvalue weighted by atomic mass is 10.0. The zero-order valence-corrected chi connectivity index (χ0v) is 21.5. The smallest absolute Gasteiger partial charge is 0.260 e. The maximum atomic E-state index is 14.3. The number of rotatable bonds is 6. The zero-order chi connectivity index (χ0) is 25.4. The summed E-state index contributed by atoms with van der Waals surface area (Å²) in [5, 5.41) is 0.231. The van der Waals surface area contributed by atoms with Crippen LogP contribution in [0.3, 0.4) is 0 Å². The van der Waals surface area contributed by atoms with E-state index in [9.17, 15) is 22.0 Å². The van der Waals surface area contributed by atoms with Crippen molar-refractivity contribution in [2.45, 2.75) is 43.6 Å². The third-order valence-electron chi connectivity index (χ3n) is 6.65. The lowest BCUT2D eigenvalue weighted by molar-refractivity contribution is 0.0917. The summed E-state index contributed by atoms with van der Waals surface area (Å²) in [6.45, 7) is 3.79. The SMILES string of the molecule is CC1CCCN(S(=O)(=O)c2ccc(C(=O)N(CC3CCCO3)c3nc4c(F)cc(F)cc4s3)cc2)C1. The molecule has 2 aliphatic heterocycles. The van der Waals surface area contributed by atoms with E-state index in [0.29, 0.717) is 30.3 Å². The Kier molecular flexibility index (Phi) is 7.08. The average molecular weight is 536 g/mol. The van der Waals surface area contributed by atoms with Crippen molar-refractivity contribution in [1.82, 2.24) is 9.29 Å².